The van der Waals surface area contributed by atoms with Crippen molar-refractivity contribution >= 4 is 6.21 Å². The van der Waals surface area contributed by atoms with Gasteiger partial charge in [-0.2, -0.15) is 0 Å². The highest BCUT2D eigenvalue weighted by atomic mass is 16.5. The van der Waals surface area contributed by atoms with Crippen LogP contribution in [-0.4, -0.2) is 31.6 Å². The molecule has 1 rings (SSSR count). The van der Waals surface area contributed by atoms with Gasteiger partial charge in [0.1, 0.15) is 0 Å². The zero-order valence-corrected chi connectivity index (χ0v) is 10.4. The maximum Gasteiger partial charge on any atom is 0.0719 e. The maximum atomic E-state index is 8.58. The van der Waals surface area contributed by atoms with Crippen molar-refractivity contribution in [1.82, 2.24) is 0 Å². The van der Waals surface area contributed by atoms with Crippen LogP contribution < -0.4 is 0 Å². The second-order valence-corrected chi connectivity index (χ2v) is 3.78. The predicted molar refractivity (Wildman–Crippen MR) is 70.6 cm³/mol. The number of hydrogen-bond donors (Lipinski definition) is 1. The van der Waals surface area contributed by atoms with Gasteiger partial charge in [0.2, 0.25) is 0 Å². The van der Waals surface area contributed by atoms with Crippen molar-refractivity contribution in [2.45, 2.75) is 13.5 Å². The van der Waals surface area contributed by atoms with Gasteiger partial charge in [-0.25, -0.2) is 0 Å². The summed E-state index contributed by atoms with van der Waals surface area (Å²) < 4.78 is 5.14. The van der Waals surface area contributed by atoms with Crippen LogP contribution in [0.15, 0.2) is 35.3 Å². The number of aliphatic hydroxyl groups excluding tert-OH is 1. The predicted octanol–water partition coefficient (Wildman–Crippen LogP) is 2.11. The van der Waals surface area contributed by atoms with Crippen molar-refractivity contribution in [3.63, 3.8) is 0 Å². The van der Waals surface area contributed by atoms with E-state index in [0.717, 1.165) is 11.1 Å². The molecule has 0 spiro atoms. The SMILES string of the molecule is COCc1ccc(C)cc1C=NC/C=C/CO. The first-order chi connectivity index (χ1) is 8.27. The van der Waals surface area contributed by atoms with Gasteiger partial charge in [-0.15, -0.1) is 0 Å². The Labute approximate surface area is 102 Å². The van der Waals surface area contributed by atoms with E-state index in [2.05, 4.69) is 30.1 Å². The molecule has 1 aromatic carbocycles. The molecule has 0 radical (unpaired) electrons. The third-order valence-electron chi connectivity index (χ3n) is 2.31. The molecule has 3 nitrogen and oxygen atoms in total. The number of benzene rings is 1. The molecule has 1 N–H and O–H groups in total. The minimum Gasteiger partial charge on any atom is -0.392 e. The van der Waals surface area contributed by atoms with E-state index in [1.807, 2.05) is 12.3 Å². The Morgan fingerprint density at radius 2 is 2.18 bits per heavy atom. The number of nitrogens with zero attached hydrogens (tertiary/aromatic N) is 1. The average Bonchev–Trinajstić information content (AvgIpc) is 2.32. The number of methoxy groups -OCH3 is 1. The smallest absolute Gasteiger partial charge is 0.0719 e. The van der Waals surface area contributed by atoms with Crippen LogP contribution in [0.3, 0.4) is 0 Å². The molecule has 92 valence electrons. The average molecular weight is 233 g/mol. The molecule has 0 bridgehead atoms. The summed E-state index contributed by atoms with van der Waals surface area (Å²) in [5, 5.41) is 8.58. The number of hydrogen-bond acceptors (Lipinski definition) is 3. The van der Waals surface area contributed by atoms with Crippen molar-refractivity contribution in [3.05, 3.63) is 47.0 Å². The van der Waals surface area contributed by atoms with Crippen LogP contribution in [0.2, 0.25) is 0 Å². The third kappa shape index (κ3) is 4.93. The number of aliphatic imine (C=N–C) groups is 1. The standard InChI is InChI=1S/C14H19NO2/c1-12-5-6-13(11-17-2)14(9-12)10-15-7-3-4-8-16/h3-6,9-10,16H,7-8,11H2,1-2H3/b4-3+,15-10?. The molecule has 0 saturated carbocycles. The zero-order valence-electron chi connectivity index (χ0n) is 10.4. The van der Waals surface area contributed by atoms with Crippen molar-refractivity contribution in [2.75, 3.05) is 20.3 Å². The second-order valence-electron chi connectivity index (χ2n) is 3.78. The first-order valence-electron chi connectivity index (χ1n) is 5.62. The van der Waals surface area contributed by atoms with Crippen LogP contribution >= 0.6 is 0 Å². The fourth-order valence-electron chi connectivity index (χ4n) is 1.48. The van der Waals surface area contributed by atoms with Crippen LogP contribution in [0.4, 0.5) is 0 Å². The molecule has 0 atom stereocenters. The molecule has 0 heterocycles. The van der Waals surface area contributed by atoms with E-state index in [4.69, 9.17) is 9.84 Å². The Hall–Kier alpha value is -1.45. The fraction of sp³-hybridized carbons (Fsp3) is 0.357. The molecule has 0 unspecified atom stereocenters. The lowest BCUT2D eigenvalue weighted by molar-refractivity contribution is 0.185. The van der Waals surface area contributed by atoms with Crippen LogP contribution in [0.5, 0.6) is 0 Å². The summed E-state index contributed by atoms with van der Waals surface area (Å²) in [6, 6.07) is 6.22. The van der Waals surface area contributed by atoms with Crippen molar-refractivity contribution in [1.29, 1.82) is 0 Å². The van der Waals surface area contributed by atoms with Gasteiger partial charge in [0.15, 0.2) is 0 Å². The third-order valence-corrected chi connectivity index (χ3v) is 2.31. The Kier molecular flexibility index (Phi) is 6.22. The summed E-state index contributed by atoms with van der Waals surface area (Å²) in [6.45, 7) is 3.30. The number of aliphatic hydroxyl groups is 1. The molecule has 0 fully saturated rings. The fourth-order valence-corrected chi connectivity index (χ4v) is 1.48. The van der Waals surface area contributed by atoms with E-state index >= 15 is 0 Å². The molecule has 1 aromatic rings. The first-order valence-corrected chi connectivity index (χ1v) is 5.62. The van der Waals surface area contributed by atoms with Gasteiger partial charge in [-0.3, -0.25) is 4.99 Å². The lowest BCUT2D eigenvalue weighted by Crippen LogP contribution is -1.96. The normalized spacial score (nSPS) is 11.7. The minimum atomic E-state index is 0.0644. The van der Waals surface area contributed by atoms with Gasteiger partial charge in [-0.05, 0) is 18.1 Å². The number of rotatable bonds is 6. The molecule has 0 aromatic heterocycles. The Bertz CT molecular complexity index is 397. The molecule has 0 aliphatic heterocycles. The quantitative estimate of drug-likeness (QED) is 0.604. The van der Waals surface area contributed by atoms with Crippen molar-refractivity contribution < 1.29 is 9.84 Å². The lowest BCUT2D eigenvalue weighted by atomic mass is 10.1. The van der Waals surface area contributed by atoms with Crippen LogP contribution in [0.1, 0.15) is 16.7 Å². The van der Waals surface area contributed by atoms with Crippen LogP contribution in [-0.2, 0) is 11.3 Å². The van der Waals surface area contributed by atoms with E-state index in [0.29, 0.717) is 13.2 Å². The topological polar surface area (TPSA) is 41.8 Å². The highest BCUT2D eigenvalue weighted by Crippen LogP contribution is 2.10. The Morgan fingerprint density at radius 3 is 2.88 bits per heavy atom. The van der Waals surface area contributed by atoms with Crippen molar-refractivity contribution in [2.24, 2.45) is 4.99 Å². The summed E-state index contributed by atoms with van der Waals surface area (Å²) in [5.41, 5.74) is 3.43. The number of aryl methyl sites for hydroxylation is 1. The van der Waals surface area contributed by atoms with E-state index in [-0.39, 0.29) is 6.61 Å². The van der Waals surface area contributed by atoms with Crippen LogP contribution in [0.25, 0.3) is 0 Å². The molecule has 0 aliphatic carbocycles. The highest BCUT2D eigenvalue weighted by Gasteiger charge is 1.99. The van der Waals surface area contributed by atoms with E-state index < -0.39 is 0 Å². The van der Waals surface area contributed by atoms with Gasteiger partial charge in [0, 0.05) is 13.3 Å². The van der Waals surface area contributed by atoms with Gasteiger partial charge >= 0.3 is 0 Å². The minimum absolute atomic E-state index is 0.0644. The zero-order chi connectivity index (χ0) is 12.5. The first kappa shape index (κ1) is 13.6. The van der Waals surface area contributed by atoms with Gasteiger partial charge < -0.3 is 9.84 Å². The van der Waals surface area contributed by atoms with Gasteiger partial charge in [0.05, 0.1) is 19.8 Å². The molecule has 17 heavy (non-hydrogen) atoms. The number of ether oxygens (including phenoxy) is 1. The van der Waals surface area contributed by atoms with Crippen molar-refractivity contribution in [3.8, 4) is 0 Å². The van der Waals surface area contributed by atoms with E-state index in [9.17, 15) is 0 Å². The molecular formula is C14H19NO2. The Morgan fingerprint density at radius 1 is 1.35 bits per heavy atom. The summed E-state index contributed by atoms with van der Waals surface area (Å²) in [6.07, 6.45) is 5.37. The molecule has 0 aliphatic rings. The summed E-state index contributed by atoms with van der Waals surface area (Å²) in [5.74, 6) is 0. The summed E-state index contributed by atoms with van der Waals surface area (Å²) in [7, 11) is 1.69. The van der Waals surface area contributed by atoms with E-state index in [1.165, 1.54) is 5.56 Å². The maximum absolute atomic E-state index is 8.58. The lowest BCUT2D eigenvalue weighted by Gasteiger charge is -2.05. The largest absolute Gasteiger partial charge is 0.392 e. The molecule has 3 heteroatoms. The van der Waals surface area contributed by atoms with E-state index in [1.54, 1.807) is 13.2 Å². The monoisotopic (exact) mass is 233 g/mol. The summed E-state index contributed by atoms with van der Waals surface area (Å²) in [4.78, 5) is 4.28. The van der Waals surface area contributed by atoms with Gasteiger partial charge in [0.25, 0.3) is 0 Å². The summed E-state index contributed by atoms with van der Waals surface area (Å²) >= 11 is 0. The molecular weight excluding hydrogens is 214 g/mol. The van der Waals surface area contributed by atoms with Crippen LogP contribution in [0, 0.1) is 6.92 Å². The second kappa shape index (κ2) is 7.76. The molecule has 0 amide bonds. The van der Waals surface area contributed by atoms with Gasteiger partial charge in [-0.1, -0.05) is 35.9 Å². The molecule has 0 saturated heterocycles. The Balaban J connectivity index is 2.73. The highest BCUT2D eigenvalue weighted by molar-refractivity contribution is 5.82.